The Morgan fingerprint density at radius 2 is 1.74 bits per heavy atom. The minimum Gasteiger partial charge on any atom is -0.493 e. The first-order chi connectivity index (χ1) is 13.9. The van der Waals surface area contributed by atoms with Crippen molar-refractivity contribution in [3.05, 3.63) is 50.2 Å². The van der Waals surface area contributed by atoms with Gasteiger partial charge in [0.15, 0.2) is 0 Å². The third-order valence-electron chi connectivity index (χ3n) is 4.18. The molecule has 2 N–H and O–H groups in total. The Bertz CT molecular complexity index is 1200. The summed E-state index contributed by atoms with van der Waals surface area (Å²) in [6, 6.07) is 3.65. The molecule has 1 aromatic carbocycles. The molecule has 2 heterocycles. The predicted octanol–water partition coefficient (Wildman–Crippen LogP) is 2.22. The number of alkyl halides is 3. The number of aromatic nitrogens is 2. The van der Waals surface area contributed by atoms with Gasteiger partial charge in [0, 0.05) is 23.1 Å². The summed E-state index contributed by atoms with van der Waals surface area (Å²) >= 11 is 0. The molecule has 3 rings (SSSR count). The van der Waals surface area contributed by atoms with Crippen molar-refractivity contribution in [3.8, 4) is 5.88 Å². The van der Waals surface area contributed by atoms with Gasteiger partial charge in [-0.2, -0.15) is 13.2 Å². The van der Waals surface area contributed by atoms with Crippen LogP contribution < -0.4 is 11.2 Å². The smallest absolute Gasteiger partial charge is 0.406 e. The van der Waals surface area contributed by atoms with Crippen LogP contribution in [-0.4, -0.2) is 43.6 Å². The fraction of sp³-hybridized carbons (Fsp3) is 0.294. The van der Waals surface area contributed by atoms with E-state index in [0.29, 0.717) is 0 Å². The first-order valence-electron chi connectivity index (χ1n) is 8.48. The van der Waals surface area contributed by atoms with E-state index in [1.807, 2.05) is 0 Å². The Hall–Kier alpha value is -3.25. The zero-order valence-electron chi connectivity index (χ0n) is 15.8. The Balaban J connectivity index is 0.00000341. The summed E-state index contributed by atoms with van der Waals surface area (Å²) in [5.74, 6) is -2.30. The summed E-state index contributed by atoms with van der Waals surface area (Å²) in [6.07, 6.45) is -4.88. The van der Waals surface area contributed by atoms with E-state index in [0.717, 1.165) is 4.90 Å². The van der Waals surface area contributed by atoms with Crippen molar-refractivity contribution in [1.29, 1.82) is 0 Å². The van der Waals surface area contributed by atoms with Crippen LogP contribution in [0.25, 0.3) is 0 Å². The van der Waals surface area contributed by atoms with Gasteiger partial charge in [0.2, 0.25) is 11.6 Å². The largest absolute Gasteiger partial charge is 0.493 e. The van der Waals surface area contributed by atoms with E-state index >= 15 is 0 Å². The van der Waals surface area contributed by atoms with Gasteiger partial charge in [-0.05, 0) is 26.0 Å². The van der Waals surface area contributed by atoms with Gasteiger partial charge in [0.1, 0.15) is 6.54 Å². The monoisotopic (exact) mass is 488 g/mol. The summed E-state index contributed by atoms with van der Waals surface area (Å²) in [5, 5.41) is 16.8. The van der Waals surface area contributed by atoms with Crippen molar-refractivity contribution in [3.63, 3.8) is 0 Å². The first kappa shape index (κ1) is 24.0. The third-order valence-corrected chi connectivity index (χ3v) is 4.18. The number of aromatic amines is 1. The number of carbonyl (C=O) groups is 2. The molecule has 0 unspecified atom stereocenters. The van der Waals surface area contributed by atoms with Gasteiger partial charge in [-0.25, -0.2) is 9.36 Å². The number of fused-ring (bicyclic) bond motifs is 1. The van der Waals surface area contributed by atoms with Crippen molar-refractivity contribution in [2.75, 3.05) is 0 Å². The number of aromatic hydroxyl groups is 1. The van der Waals surface area contributed by atoms with Crippen LogP contribution in [0.5, 0.6) is 5.88 Å². The second kappa shape index (κ2) is 8.47. The standard InChI is InChI=1S/C17H14F3N5O5.Cu/c1-7(2)25-13(27)8-4-3-5-9(10(8)14(25)28)22-23-11-12(26)21-16(30)24(15(11)29)6-17(18,19)20;/h3-5,7,26H,6H2,1-2H3,(H,21,30);. The average molecular weight is 489 g/mol. The number of nitrogens with one attached hydrogen (secondary N) is 1. The van der Waals surface area contributed by atoms with E-state index in [-0.39, 0.29) is 38.5 Å². The molecule has 1 aliphatic rings. The molecule has 2 amide bonds. The van der Waals surface area contributed by atoms with Crippen LogP contribution in [0.15, 0.2) is 38.0 Å². The third kappa shape index (κ3) is 4.44. The molecule has 0 fully saturated rings. The van der Waals surface area contributed by atoms with Crippen LogP contribution in [0.1, 0.15) is 34.6 Å². The van der Waals surface area contributed by atoms with Crippen molar-refractivity contribution in [1.82, 2.24) is 14.5 Å². The molecule has 1 aromatic heterocycles. The van der Waals surface area contributed by atoms with E-state index in [9.17, 15) is 37.5 Å². The van der Waals surface area contributed by atoms with E-state index < -0.39 is 53.4 Å². The number of imide groups is 1. The van der Waals surface area contributed by atoms with Gasteiger partial charge < -0.3 is 5.11 Å². The van der Waals surface area contributed by atoms with Crippen molar-refractivity contribution >= 4 is 23.2 Å². The van der Waals surface area contributed by atoms with Gasteiger partial charge in [0.25, 0.3) is 17.4 Å². The molecular formula is C17H14CuF3N5O5. The molecule has 10 nitrogen and oxygen atoms in total. The van der Waals surface area contributed by atoms with Gasteiger partial charge in [-0.15, -0.1) is 10.2 Å². The zero-order valence-corrected chi connectivity index (χ0v) is 16.8. The molecule has 1 aliphatic heterocycles. The van der Waals surface area contributed by atoms with Crippen molar-refractivity contribution in [2.24, 2.45) is 10.2 Å². The van der Waals surface area contributed by atoms with Crippen LogP contribution in [-0.2, 0) is 23.6 Å². The van der Waals surface area contributed by atoms with Crippen molar-refractivity contribution < 1.29 is 44.9 Å². The van der Waals surface area contributed by atoms with Crippen LogP contribution in [0.4, 0.5) is 24.5 Å². The quantitative estimate of drug-likeness (QED) is 0.386. The van der Waals surface area contributed by atoms with E-state index in [1.165, 1.54) is 18.2 Å². The maximum absolute atomic E-state index is 12.6. The molecule has 0 bridgehead atoms. The molecule has 0 spiro atoms. The first-order valence-corrected chi connectivity index (χ1v) is 8.48. The second-order valence-corrected chi connectivity index (χ2v) is 6.61. The fourth-order valence-electron chi connectivity index (χ4n) is 2.90. The molecule has 2 aromatic rings. The zero-order chi connectivity index (χ0) is 22.4. The van der Waals surface area contributed by atoms with Gasteiger partial charge in [-0.3, -0.25) is 24.3 Å². The molecule has 14 heteroatoms. The Morgan fingerprint density at radius 1 is 1.10 bits per heavy atom. The summed E-state index contributed by atoms with van der Waals surface area (Å²) in [7, 11) is 0. The SMILES string of the molecule is CC(C)N1C(=O)c2cccc(N=Nc3c(O)[nH]c(=O)n(CC(F)(F)F)c3=O)c2C1=O.[Cu]. The Morgan fingerprint density at radius 3 is 2.32 bits per heavy atom. The Labute approximate surface area is 181 Å². The van der Waals surface area contributed by atoms with E-state index in [4.69, 9.17) is 0 Å². The number of H-pyrrole nitrogens is 1. The number of amides is 2. The predicted molar refractivity (Wildman–Crippen MR) is 95.3 cm³/mol. The number of azo groups is 1. The molecule has 0 saturated carbocycles. The number of hydrogen-bond acceptors (Lipinski definition) is 7. The van der Waals surface area contributed by atoms with E-state index in [2.05, 4.69) is 10.2 Å². The van der Waals surface area contributed by atoms with Gasteiger partial charge in [0.05, 0.1) is 16.8 Å². The number of nitrogens with zero attached hydrogens (tertiary/aromatic N) is 4. The van der Waals surface area contributed by atoms with Crippen LogP contribution >= 0.6 is 0 Å². The summed E-state index contributed by atoms with van der Waals surface area (Å²) in [4.78, 5) is 51.4. The minimum atomic E-state index is -4.88. The topological polar surface area (TPSA) is 137 Å². The molecule has 0 atom stereocenters. The molecule has 1 radical (unpaired) electrons. The minimum absolute atomic E-state index is 0. The van der Waals surface area contributed by atoms with Gasteiger partial charge in [-0.1, -0.05) is 6.07 Å². The molecule has 169 valence electrons. The van der Waals surface area contributed by atoms with Crippen LogP contribution in [0.2, 0.25) is 0 Å². The number of halogens is 3. The molecule has 0 saturated heterocycles. The number of hydrogen-bond donors (Lipinski definition) is 2. The van der Waals surface area contributed by atoms with Crippen LogP contribution in [0.3, 0.4) is 0 Å². The maximum Gasteiger partial charge on any atom is 0.406 e. The molecule has 0 aliphatic carbocycles. The molecule has 31 heavy (non-hydrogen) atoms. The second-order valence-electron chi connectivity index (χ2n) is 6.61. The van der Waals surface area contributed by atoms with Crippen molar-refractivity contribution in [2.45, 2.75) is 32.6 Å². The number of benzene rings is 1. The summed E-state index contributed by atoms with van der Waals surface area (Å²) < 4.78 is 37.6. The fourth-order valence-corrected chi connectivity index (χ4v) is 2.90. The average Bonchev–Trinajstić information content (AvgIpc) is 2.89. The summed E-state index contributed by atoms with van der Waals surface area (Å²) in [6.45, 7) is 1.36. The Kier molecular flexibility index (Phi) is 6.57. The van der Waals surface area contributed by atoms with E-state index in [1.54, 1.807) is 18.8 Å². The van der Waals surface area contributed by atoms with Crippen LogP contribution in [0, 0.1) is 0 Å². The van der Waals surface area contributed by atoms with Gasteiger partial charge >= 0.3 is 11.9 Å². The molecular weight excluding hydrogens is 475 g/mol. The summed E-state index contributed by atoms with van der Waals surface area (Å²) in [5.41, 5.74) is -4.17. The number of rotatable bonds is 4. The normalized spacial score (nSPS) is 13.8. The maximum atomic E-state index is 12.6. The number of carbonyl (C=O) groups excluding carboxylic acids is 2.